The molecular formula is C32H41ClF2N10O2S. The van der Waals surface area contributed by atoms with Crippen LogP contribution >= 0.6 is 22.9 Å². The molecule has 7 rings (SSSR count). The van der Waals surface area contributed by atoms with Crippen LogP contribution in [-0.4, -0.2) is 111 Å². The standard InChI is InChI=1S/C25H29ClFN9O2S.C7H12FN/c1-34(2)23(37)19(29)17(26)14-10-35(8-4-7-31-14)21-18(27)22(33-24(32-21)38-3)36-11-25(12-36)6-5-15-16(25)13(9-28)20(30)39-15;8-6-4-7-2-1-3-9(7)5-6/h4-8,10-12,29-30H2,1-3H3;6-7H,1-5H2/b19-17+;. The van der Waals surface area contributed by atoms with Crippen LogP contribution in [0, 0.1) is 17.1 Å². The minimum atomic E-state index is -0.590. The molecule has 258 valence electrons. The van der Waals surface area contributed by atoms with Gasteiger partial charge in [0.15, 0.2) is 11.6 Å². The molecule has 48 heavy (non-hydrogen) atoms. The predicted molar refractivity (Wildman–Crippen MR) is 183 cm³/mol. The summed E-state index contributed by atoms with van der Waals surface area (Å²) < 4.78 is 34.1. The van der Waals surface area contributed by atoms with Gasteiger partial charge in [-0.1, -0.05) is 11.6 Å². The van der Waals surface area contributed by atoms with Crippen molar-refractivity contribution in [3.63, 3.8) is 0 Å². The number of ether oxygens (including phenoxy) is 1. The number of carbonyl (C=O) groups is 1. The number of likely N-dealkylation sites (N-methyl/N-ethyl adjacent to an activating group) is 1. The second-order valence-corrected chi connectivity index (χ2v) is 14.7. The van der Waals surface area contributed by atoms with Gasteiger partial charge in [-0.05, 0) is 50.6 Å². The molecule has 6 heterocycles. The Kier molecular flexibility index (Phi) is 9.70. The zero-order chi connectivity index (χ0) is 34.3. The predicted octanol–water partition coefficient (Wildman–Crippen LogP) is 3.18. The largest absolute Gasteiger partial charge is 0.467 e. The number of hydrogen-bond donors (Lipinski definition) is 2. The maximum atomic E-state index is 16.1. The van der Waals surface area contributed by atoms with E-state index in [2.05, 4.69) is 25.9 Å². The summed E-state index contributed by atoms with van der Waals surface area (Å²) in [6.07, 6.45) is 5.15. The van der Waals surface area contributed by atoms with E-state index in [1.54, 1.807) is 19.0 Å². The van der Waals surface area contributed by atoms with Crippen molar-refractivity contribution in [2.45, 2.75) is 56.2 Å². The number of nitrogens with zero attached hydrogens (tertiary/aromatic N) is 8. The molecule has 3 saturated heterocycles. The summed E-state index contributed by atoms with van der Waals surface area (Å²) >= 11 is 7.95. The van der Waals surface area contributed by atoms with Crippen LogP contribution in [0.25, 0.3) is 0 Å². The molecule has 4 N–H and O–H groups in total. The summed E-state index contributed by atoms with van der Waals surface area (Å²) in [5.41, 5.74) is 13.6. The summed E-state index contributed by atoms with van der Waals surface area (Å²) in [4.78, 5) is 33.8. The van der Waals surface area contributed by atoms with Crippen LogP contribution in [0.1, 0.15) is 48.1 Å². The average Bonchev–Trinajstić information content (AvgIpc) is 3.76. The number of nitrogen functional groups attached to an aromatic ring is 1. The topological polar surface area (TPSA) is 153 Å². The molecule has 12 nitrogen and oxygen atoms in total. The number of aromatic nitrogens is 2. The van der Waals surface area contributed by atoms with Crippen molar-refractivity contribution >= 4 is 51.2 Å². The summed E-state index contributed by atoms with van der Waals surface area (Å²) in [7, 11) is 4.58. The lowest BCUT2D eigenvalue weighted by Crippen LogP contribution is -2.59. The van der Waals surface area contributed by atoms with Gasteiger partial charge in [-0.2, -0.15) is 19.6 Å². The van der Waals surface area contributed by atoms with E-state index >= 15 is 4.39 Å². The van der Waals surface area contributed by atoms with Crippen molar-refractivity contribution in [1.29, 1.82) is 5.26 Å². The van der Waals surface area contributed by atoms with Gasteiger partial charge in [0.1, 0.15) is 22.9 Å². The minimum Gasteiger partial charge on any atom is -0.467 e. The Morgan fingerprint density at radius 2 is 1.94 bits per heavy atom. The van der Waals surface area contributed by atoms with Crippen molar-refractivity contribution in [2.75, 3.05) is 82.6 Å². The molecule has 1 spiro atoms. The van der Waals surface area contributed by atoms with Crippen LogP contribution in [0.3, 0.4) is 0 Å². The van der Waals surface area contributed by atoms with Crippen molar-refractivity contribution < 1.29 is 18.3 Å². The number of methoxy groups -OCH3 is 1. The normalized spacial score (nSPS) is 23.2. The monoisotopic (exact) mass is 702 g/mol. The first-order valence-corrected chi connectivity index (χ1v) is 17.4. The molecule has 1 aliphatic carbocycles. The molecule has 1 amide bonds. The lowest BCUT2D eigenvalue weighted by molar-refractivity contribution is -0.124. The molecule has 3 fully saturated rings. The molecular weight excluding hydrogens is 662 g/mol. The summed E-state index contributed by atoms with van der Waals surface area (Å²) in [6.45, 7) is 3.85. The Morgan fingerprint density at radius 3 is 2.60 bits per heavy atom. The highest BCUT2D eigenvalue weighted by atomic mass is 35.5. The van der Waals surface area contributed by atoms with Crippen LogP contribution in [0.5, 0.6) is 6.01 Å². The number of halogens is 3. The first-order valence-electron chi connectivity index (χ1n) is 16.2. The highest BCUT2D eigenvalue weighted by molar-refractivity contribution is 7.16. The van der Waals surface area contributed by atoms with Gasteiger partial charge in [0.05, 0.1) is 30.0 Å². The zero-order valence-electron chi connectivity index (χ0n) is 27.4. The number of alkyl halides is 1. The van der Waals surface area contributed by atoms with Crippen molar-refractivity contribution in [2.24, 2.45) is 10.7 Å². The van der Waals surface area contributed by atoms with E-state index in [4.69, 9.17) is 27.8 Å². The van der Waals surface area contributed by atoms with Gasteiger partial charge in [0.2, 0.25) is 5.82 Å². The van der Waals surface area contributed by atoms with E-state index in [-0.39, 0.29) is 40.3 Å². The molecule has 2 aromatic heterocycles. The highest BCUT2D eigenvalue weighted by Crippen LogP contribution is 2.52. The SMILES string of the molecule is COc1nc(N2CCCN=C(/C(Cl)=C(\N)C(=O)N(C)C)C2)c(F)c(N2CC3(CCc4sc(N)c(C#N)c43)C2)n1.FC1CC2CCCN2C1. The highest BCUT2D eigenvalue weighted by Gasteiger charge is 2.52. The number of nitriles is 1. The molecule has 0 aromatic carbocycles. The number of hydrogen-bond acceptors (Lipinski definition) is 12. The van der Waals surface area contributed by atoms with Crippen molar-refractivity contribution in [3.8, 4) is 12.1 Å². The smallest absolute Gasteiger partial charge is 0.320 e. The second kappa shape index (κ2) is 13.6. The van der Waals surface area contributed by atoms with E-state index in [1.165, 1.54) is 36.2 Å². The second-order valence-electron chi connectivity index (χ2n) is 13.2. The lowest BCUT2D eigenvalue weighted by Gasteiger charge is -2.49. The Labute approximate surface area is 288 Å². The fourth-order valence-electron chi connectivity index (χ4n) is 7.51. The zero-order valence-corrected chi connectivity index (χ0v) is 29.0. The molecule has 5 aliphatic rings. The van der Waals surface area contributed by atoms with E-state index in [1.807, 2.05) is 4.90 Å². The minimum absolute atomic E-state index is 0.0265. The van der Waals surface area contributed by atoms with E-state index in [9.17, 15) is 14.4 Å². The number of rotatable bonds is 5. The Bertz CT molecular complexity index is 1670. The quantitative estimate of drug-likeness (QED) is 0.445. The van der Waals surface area contributed by atoms with Crippen molar-refractivity contribution in [1.82, 2.24) is 19.8 Å². The van der Waals surface area contributed by atoms with Gasteiger partial charge in [-0.25, -0.2) is 4.39 Å². The molecule has 0 saturated carbocycles. The fourth-order valence-corrected chi connectivity index (χ4v) is 8.85. The molecule has 16 heteroatoms. The van der Waals surface area contributed by atoms with E-state index < -0.39 is 17.9 Å². The fraction of sp³-hybridized carbons (Fsp3) is 0.594. The number of aliphatic imine (C=N–C) groups is 1. The number of carbonyl (C=O) groups excluding carboxylic acids is 1. The summed E-state index contributed by atoms with van der Waals surface area (Å²) in [5.74, 6) is -0.847. The van der Waals surface area contributed by atoms with Crippen LogP contribution in [0.4, 0.5) is 25.4 Å². The average molecular weight is 703 g/mol. The molecule has 2 unspecified atom stereocenters. The number of fused-ring (bicyclic) bond motifs is 3. The number of aryl methyl sites for hydroxylation is 1. The van der Waals surface area contributed by atoms with Crippen LogP contribution < -0.4 is 26.0 Å². The first-order chi connectivity index (χ1) is 23.0. The molecule has 0 radical (unpaired) electrons. The Hall–Kier alpha value is -3.74. The lowest BCUT2D eigenvalue weighted by atomic mass is 9.74. The number of thiophene rings is 1. The third-order valence-corrected chi connectivity index (χ3v) is 11.4. The van der Waals surface area contributed by atoms with Gasteiger partial charge in [0, 0.05) is 63.2 Å². The van der Waals surface area contributed by atoms with E-state index in [0.29, 0.717) is 61.5 Å². The molecule has 0 bridgehead atoms. The Morgan fingerprint density at radius 1 is 1.21 bits per heavy atom. The summed E-state index contributed by atoms with van der Waals surface area (Å²) in [6, 6.07) is 2.90. The van der Waals surface area contributed by atoms with Crippen LogP contribution in [-0.2, 0) is 16.6 Å². The number of anilines is 3. The van der Waals surface area contributed by atoms with Crippen LogP contribution in [0.15, 0.2) is 15.7 Å². The van der Waals surface area contributed by atoms with Gasteiger partial charge in [0.25, 0.3) is 5.91 Å². The molecule has 4 aliphatic heterocycles. The van der Waals surface area contributed by atoms with Crippen LogP contribution in [0.2, 0.25) is 0 Å². The van der Waals surface area contributed by atoms with Gasteiger partial charge >= 0.3 is 6.01 Å². The maximum Gasteiger partial charge on any atom is 0.320 e. The molecule has 2 atom stereocenters. The first kappa shape index (κ1) is 34.1. The molecule has 2 aromatic rings. The summed E-state index contributed by atoms with van der Waals surface area (Å²) in [5, 5.41) is 10.3. The number of amides is 1. The van der Waals surface area contributed by atoms with Crippen molar-refractivity contribution in [3.05, 3.63) is 32.6 Å². The van der Waals surface area contributed by atoms with Gasteiger partial charge in [-0.15, -0.1) is 11.3 Å². The van der Waals surface area contributed by atoms with Gasteiger partial charge in [-0.3, -0.25) is 14.7 Å². The Balaban J connectivity index is 0.000000381. The third kappa shape index (κ3) is 6.25. The third-order valence-electron chi connectivity index (χ3n) is 9.86. The maximum absolute atomic E-state index is 16.1. The van der Waals surface area contributed by atoms with Gasteiger partial charge < -0.3 is 30.9 Å². The number of nitrogens with two attached hydrogens (primary N) is 2. The van der Waals surface area contributed by atoms with E-state index in [0.717, 1.165) is 36.2 Å².